The van der Waals surface area contributed by atoms with E-state index >= 15 is 0 Å². The molecule has 0 aliphatic carbocycles. The Hall–Kier alpha value is -0.840. The van der Waals surface area contributed by atoms with Gasteiger partial charge in [0.2, 0.25) is 0 Å². The van der Waals surface area contributed by atoms with Gasteiger partial charge in [-0.25, -0.2) is 0 Å². The number of nitrogens with zero attached hydrogens (tertiary/aromatic N) is 1. The van der Waals surface area contributed by atoms with Crippen LogP contribution in [0.3, 0.4) is 0 Å². The highest BCUT2D eigenvalue weighted by atomic mass is 16.5. The van der Waals surface area contributed by atoms with Crippen LogP contribution in [0.15, 0.2) is 23.0 Å². The summed E-state index contributed by atoms with van der Waals surface area (Å²) >= 11 is 0. The summed E-state index contributed by atoms with van der Waals surface area (Å²) in [4.78, 5) is 2.24. The lowest BCUT2D eigenvalue weighted by molar-refractivity contribution is -0.0318. The van der Waals surface area contributed by atoms with Gasteiger partial charge in [-0.15, -0.1) is 0 Å². The molecule has 0 aromatic carbocycles. The number of aliphatic hydroxyl groups excluding tert-OH is 1. The van der Waals surface area contributed by atoms with Crippen molar-refractivity contribution < 1.29 is 14.3 Å². The Morgan fingerprint density at radius 2 is 2.18 bits per heavy atom. The molecule has 1 N–H and O–H groups in total. The number of furan rings is 1. The standard InChI is InChI=1S/C13H21NO3/c1-14(8-12-2-5-17-9-12)10-13(11-15)3-6-16-7-4-13/h2,5,9,15H,3-4,6-8,10-11H2,1H3. The van der Waals surface area contributed by atoms with E-state index in [0.717, 1.165) is 39.1 Å². The van der Waals surface area contributed by atoms with E-state index in [1.165, 1.54) is 5.56 Å². The van der Waals surface area contributed by atoms with Crippen LogP contribution in [-0.2, 0) is 11.3 Å². The van der Waals surface area contributed by atoms with E-state index in [0.29, 0.717) is 0 Å². The average Bonchev–Trinajstić information content (AvgIpc) is 2.83. The lowest BCUT2D eigenvalue weighted by Crippen LogP contribution is -2.42. The van der Waals surface area contributed by atoms with Crippen molar-refractivity contribution in [3.8, 4) is 0 Å². The molecule has 0 saturated carbocycles. The summed E-state index contributed by atoms with van der Waals surface area (Å²) in [6.07, 6.45) is 5.35. The van der Waals surface area contributed by atoms with E-state index in [2.05, 4.69) is 11.9 Å². The summed E-state index contributed by atoms with van der Waals surface area (Å²) in [6, 6.07) is 1.98. The van der Waals surface area contributed by atoms with Crippen molar-refractivity contribution in [2.24, 2.45) is 5.41 Å². The second kappa shape index (κ2) is 5.67. The molecule has 1 aromatic rings. The van der Waals surface area contributed by atoms with E-state index < -0.39 is 0 Å². The number of ether oxygens (including phenoxy) is 1. The van der Waals surface area contributed by atoms with Crippen LogP contribution in [0, 0.1) is 5.41 Å². The van der Waals surface area contributed by atoms with E-state index in [-0.39, 0.29) is 12.0 Å². The second-order valence-corrected chi connectivity index (χ2v) is 5.07. The topological polar surface area (TPSA) is 45.8 Å². The van der Waals surface area contributed by atoms with Gasteiger partial charge in [0.15, 0.2) is 0 Å². The van der Waals surface area contributed by atoms with E-state index in [9.17, 15) is 5.11 Å². The predicted octanol–water partition coefficient (Wildman–Crippen LogP) is 1.50. The van der Waals surface area contributed by atoms with Gasteiger partial charge in [-0.2, -0.15) is 0 Å². The maximum absolute atomic E-state index is 9.62. The van der Waals surface area contributed by atoms with Gasteiger partial charge < -0.3 is 19.2 Å². The third kappa shape index (κ3) is 3.31. The Bertz CT molecular complexity index is 317. The molecule has 1 aliphatic heterocycles. The highest BCUT2D eigenvalue weighted by molar-refractivity contribution is 5.04. The fourth-order valence-corrected chi connectivity index (χ4v) is 2.49. The monoisotopic (exact) mass is 239 g/mol. The van der Waals surface area contributed by atoms with Gasteiger partial charge in [-0.3, -0.25) is 0 Å². The molecule has 1 aliphatic rings. The minimum atomic E-state index is 0.0107. The van der Waals surface area contributed by atoms with Gasteiger partial charge in [0.05, 0.1) is 19.1 Å². The molecule has 1 saturated heterocycles. The Morgan fingerprint density at radius 1 is 1.41 bits per heavy atom. The van der Waals surface area contributed by atoms with Gasteiger partial charge in [-0.05, 0) is 26.0 Å². The summed E-state index contributed by atoms with van der Waals surface area (Å²) < 4.78 is 10.4. The second-order valence-electron chi connectivity index (χ2n) is 5.07. The third-order valence-corrected chi connectivity index (χ3v) is 3.53. The Labute approximate surface area is 102 Å². The summed E-state index contributed by atoms with van der Waals surface area (Å²) in [5.74, 6) is 0. The lowest BCUT2D eigenvalue weighted by atomic mass is 9.80. The van der Waals surface area contributed by atoms with Crippen molar-refractivity contribution >= 4 is 0 Å². The molecule has 0 bridgehead atoms. The van der Waals surface area contributed by atoms with E-state index in [1.807, 2.05) is 6.07 Å². The molecule has 2 heterocycles. The fraction of sp³-hybridized carbons (Fsp3) is 0.692. The Morgan fingerprint density at radius 3 is 2.76 bits per heavy atom. The van der Waals surface area contributed by atoms with E-state index in [4.69, 9.17) is 9.15 Å². The Kier molecular flexibility index (Phi) is 4.20. The minimum Gasteiger partial charge on any atom is -0.472 e. The summed E-state index contributed by atoms with van der Waals surface area (Å²) in [6.45, 7) is 3.53. The first-order chi connectivity index (χ1) is 8.24. The van der Waals surface area contributed by atoms with Crippen LogP contribution in [-0.4, -0.2) is 43.4 Å². The first-order valence-electron chi connectivity index (χ1n) is 6.12. The number of hydrogen-bond donors (Lipinski definition) is 1. The minimum absolute atomic E-state index is 0.0107. The van der Waals surface area contributed by atoms with Crippen LogP contribution in [0.1, 0.15) is 18.4 Å². The van der Waals surface area contributed by atoms with Crippen LogP contribution in [0.4, 0.5) is 0 Å². The molecule has 0 spiro atoms. The molecular weight excluding hydrogens is 218 g/mol. The normalized spacial score (nSPS) is 19.7. The van der Waals surface area contributed by atoms with Crippen molar-refractivity contribution in [2.75, 3.05) is 33.4 Å². The zero-order chi connectivity index (χ0) is 12.1. The molecule has 2 rings (SSSR count). The van der Waals surface area contributed by atoms with Crippen LogP contribution in [0.5, 0.6) is 0 Å². The van der Waals surface area contributed by atoms with Crippen molar-refractivity contribution in [1.29, 1.82) is 0 Å². The van der Waals surface area contributed by atoms with Gasteiger partial charge in [0, 0.05) is 37.3 Å². The van der Waals surface area contributed by atoms with Crippen molar-refractivity contribution in [3.05, 3.63) is 24.2 Å². The largest absolute Gasteiger partial charge is 0.472 e. The van der Waals surface area contributed by atoms with Crippen molar-refractivity contribution in [3.63, 3.8) is 0 Å². The Balaban J connectivity index is 1.89. The molecular formula is C13H21NO3. The number of rotatable bonds is 5. The molecule has 0 unspecified atom stereocenters. The molecule has 0 radical (unpaired) electrons. The zero-order valence-corrected chi connectivity index (χ0v) is 10.4. The summed E-state index contributed by atoms with van der Waals surface area (Å²) in [5, 5.41) is 9.62. The SMILES string of the molecule is CN(Cc1ccoc1)CC1(CO)CCOCC1. The van der Waals surface area contributed by atoms with Gasteiger partial charge in [0.1, 0.15) is 0 Å². The summed E-state index contributed by atoms with van der Waals surface area (Å²) in [5.41, 5.74) is 1.18. The number of aliphatic hydroxyl groups is 1. The molecule has 4 heteroatoms. The quantitative estimate of drug-likeness (QED) is 0.846. The maximum Gasteiger partial charge on any atom is 0.0947 e. The van der Waals surface area contributed by atoms with Gasteiger partial charge in [-0.1, -0.05) is 0 Å². The first kappa shape index (κ1) is 12.6. The van der Waals surface area contributed by atoms with Crippen molar-refractivity contribution in [1.82, 2.24) is 4.90 Å². The third-order valence-electron chi connectivity index (χ3n) is 3.53. The van der Waals surface area contributed by atoms with Gasteiger partial charge in [0.25, 0.3) is 0 Å². The zero-order valence-electron chi connectivity index (χ0n) is 10.4. The first-order valence-corrected chi connectivity index (χ1v) is 6.12. The van der Waals surface area contributed by atoms with Crippen molar-refractivity contribution in [2.45, 2.75) is 19.4 Å². The molecule has 96 valence electrons. The van der Waals surface area contributed by atoms with Gasteiger partial charge >= 0.3 is 0 Å². The molecule has 1 aromatic heterocycles. The molecule has 0 amide bonds. The van der Waals surface area contributed by atoms with Crippen LogP contribution >= 0.6 is 0 Å². The lowest BCUT2D eigenvalue weighted by Gasteiger charge is -2.38. The maximum atomic E-state index is 9.62. The molecule has 4 nitrogen and oxygen atoms in total. The highest BCUT2D eigenvalue weighted by Crippen LogP contribution is 2.31. The molecule has 17 heavy (non-hydrogen) atoms. The fourth-order valence-electron chi connectivity index (χ4n) is 2.49. The molecule has 0 atom stereocenters. The molecule has 1 fully saturated rings. The van der Waals surface area contributed by atoms with Crippen LogP contribution in [0.25, 0.3) is 0 Å². The smallest absolute Gasteiger partial charge is 0.0947 e. The van der Waals surface area contributed by atoms with E-state index in [1.54, 1.807) is 12.5 Å². The number of hydrogen-bond acceptors (Lipinski definition) is 4. The highest BCUT2D eigenvalue weighted by Gasteiger charge is 2.33. The summed E-state index contributed by atoms with van der Waals surface area (Å²) in [7, 11) is 2.08. The van der Waals surface area contributed by atoms with Crippen LogP contribution < -0.4 is 0 Å². The van der Waals surface area contributed by atoms with Crippen LogP contribution in [0.2, 0.25) is 0 Å². The predicted molar refractivity (Wildman–Crippen MR) is 64.6 cm³/mol. The average molecular weight is 239 g/mol.